The van der Waals surface area contributed by atoms with Crippen LogP contribution in [0.15, 0.2) is 0 Å². The lowest BCUT2D eigenvalue weighted by atomic mass is 9.86. The Morgan fingerprint density at radius 3 is 2.60 bits per heavy atom. The van der Waals surface area contributed by atoms with Gasteiger partial charge in [-0.3, -0.25) is 4.79 Å². The smallest absolute Gasteiger partial charge is 0.315 e. The maximum absolute atomic E-state index is 11.0. The van der Waals surface area contributed by atoms with Crippen LogP contribution in [-0.2, 0) is 9.53 Å². The molecule has 0 radical (unpaired) electrons. The molecule has 0 spiro atoms. The molecule has 1 aliphatic rings. The average molecular weight is 215 g/mol. The minimum atomic E-state index is -0.745. The lowest BCUT2D eigenvalue weighted by molar-refractivity contribution is -0.178. The molecule has 1 saturated heterocycles. The molecule has 0 saturated carbocycles. The first-order valence-corrected chi connectivity index (χ1v) is 5.59. The van der Waals surface area contributed by atoms with Gasteiger partial charge >= 0.3 is 5.97 Å². The highest BCUT2D eigenvalue weighted by molar-refractivity contribution is 5.76. The largest absolute Gasteiger partial charge is 0.481 e. The monoisotopic (exact) mass is 215 g/mol. The first-order chi connectivity index (χ1) is 7.07. The standard InChI is InChI=1S/C11H21NO3/c1-9(2)4-3-5-12-6-11(10(13)14)7-15-8-11/h9,12H,3-8H2,1-2H3,(H,13,14). The van der Waals surface area contributed by atoms with E-state index in [0.717, 1.165) is 13.0 Å². The zero-order valence-corrected chi connectivity index (χ0v) is 9.58. The van der Waals surface area contributed by atoms with Gasteiger partial charge in [0.05, 0.1) is 13.2 Å². The molecule has 4 nitrogen and oxygen atoms in total. The van der Waals surface area contributed by atoms with Crippen LogP contribution in [-0.4, -0.2) is 37.4 Å². The molecule has 0 atom stereocenters. The fraction of sp³-hybridized carbons (Fsp3) is 0.909. The van der Waals surface area contributed by atoms with E-state index in [-0.39, 0.29) is 0 Å². The fourth-order valence-corrected chi connectivity index (χ4v) is 1.61. The highest BCUT2D eigenvalue weighted by Crippen LogP contribution is 2.26. The summed E-state index contributed by atoms with van der Waals surface area (Å²) in [7, 11) is 0. The fourth-order valence-electron chi connectivity index (χ4n) is 1.61. The van der Waals surface area contributed by atoms with Gasteiger partial charge in [-0.15, -0.1) is 0 Å². The van der Waals surface area contributed by atoms with Crippen LogP contribution in [0.25, 0.3) is 0 Å². The van der Waals surface area contributed by atoms with E-state index < -0.39 is 11.4 Å². The summed E-state index contributed by atoms with van der Waals surface area (Å²) < 4.78 is 4.97. The van der Waals surface area contributed by atoms with Crippen molar-refractivity contribution in [2.75, 3.05) is 26.3 Å². The molecule has 2 N–H and O–H groups in total. The minimum Gasteiger partial charge on any atom is -0.481 e. The summed E-state index contributed by atoms with van der Waals surface area (Å²) in [6, 6.07) is 0. The van der Waals surface area contributed by atoms with Crippen molar-refractivity contribution in [1.29, 1.82) is 0 Å². The molecule has 88 valence electrons. The van der Waals surface area contributed by atoms with Gasteiger partial charge in [0.15, 0.2) is 0 Å². The number of carbonyl (C=O) groups is 1. The quantitative estimate of drug-likeness (QED) is 0.625. The summed E-state index contributed by atoms with van der Waals surface area (Å²) in [6.07, 6.45) is 2.29. The van der Waals surface area contributed by atoms with Crippen molar-refractivity contribution in [3.05, 3.63) is 0 Å². The summed E-state index contributed by atoms with van der Waals surface area (Å²) in [5, 5.41) is 12.2. The number of rotatable bonds is 7. The average Bonchev–Trinajstić information content (AvgIpc) is 2.06. The summed E-state index contributed by atoms with van der Waals surface area (Å²) >= 11 is 0. The third-order valence-electron chi connectivity index (χ3n) is 2.81. The maximum Gasteiger partial charge on any atom is 0.315 e. The van der Waals surface area contributed by atoms with E-state index in [0.29, 0.717) is 25.7 Å². The second kappa shape index (κ2) is 5.47. The molecule has 0 aromatic rings. The van der Waals surface area contributed by atoms with E-state index in [1.54, 1.807) is 0 Å². The van der Waals surface area contributed by atoms with E-state index >= 15 is 0 Å². The minimum absolute atomic E-state index is 0.347. The van der Waals surface area contributed by atoms with Crippen LogP contribution < -0.4 is 5.32 Å². The molecule has 4 heteroatoms. The molecule has 0 bridgehead atoms. The van der Waals surface area contributed by atoms with Crippen LogP contribution in [0.1, 0.15) is 26.7 Å². The van der Waals surface area contributed by atoms with E-state index in [9.17, 15) is 4.79 Å². The molecule has 1 heterocycles. The van der Waals surface area contributed by atoms with Gasteiger partial charge in [-0.1, -0.05) is 13.8 Å². The molecular formula is C11H21NO3. The van der Waals surface area contributed by atoms with Gasteiger partial charge < -0.3 is 15.2 Å². The highest BCUT2D eigenvalue weighted by Gasteiger charge is 2.45. The molecule has 0 amide bonds. The summed E-state index contributed by atoms with van der Waals surface area (Å²) in [5.74, 6) is -0.0302. The van der Waals surface area contributed by atoms with Crippen LogP contribution in [0.5, 0.6) is 0 Å². The molecule has 15 heavy (non-hydrogen) atoms. The van der Waals surface area contributed by atoms with Gasteiger partial charge in [0, 0.05) is 6.54 Å². The molecule has 0 aromatic carbocycles. The predicted octanol–water partition coefficient (Wildman–Crippen LogP) is 1.11. The van der Waals surface area contributed by atoms with E-state index in [4.69, 9.17) is 9.84 Å². The number of ether oxygens (including phenoxy) is 1. The molecule has 0 aliphatic carbocycles. The van der Waals surface area contributed by atoms with Gasteiger partial charge in [0.2, 0.25) is 0 Å². The SMILES string of the molecule is CC(C)CCCNCC1(C(=O)O)COC1. The molecule has 1 aliphatic heterocycles. The lowest BCUT2D eigenvalue weighted by Crippen LogP contribution is -2.55. The molecule has 0 aromatic heterocycles. The third-order valence-corrected chi connectivity index (χ3v) is 2.81. The van der Waals surface area contributed by atoms with Gasteiger partial charge in [-0.25, -0.2) is 0 Å². The number of carboxylic acids is 1. The van der Waals surface area contributed by atoms with E-state index in [1.807, 2.05) is 0 Å². The van der Waals surface area contributed by atoms with Crippen LogP contribution in [0.3, 0.4) is 0 Å². The first kappa shape index (κ1) is 12.5. The highest BCUT2D eigenvalue weighted by atomic mass is 16.5. The molecule has 0 unspecified atom stereocenters. The molecule has 1 rings (SSSR count). The first-order valence-electron chi connectivity index (χ1n) is 5.59. The zero-order chi connectivity index (χ0) is 11.3. The Morgan fingerprint density at radius 1 is 1.53 bits per heavy atom. The van der Waals surface area contributed by atoms with Crippen molar-refractivity contribution in [2.24, 2.45) is 11.3 Å². The van der Waals surface area contributed by atoms with Gasteiger partial charge in [-0.05, 0) is 25.3 Å². The Bertz CT molecular complexity index is 212. The van der Waals surface area contributed by atoms with Crippen LogP contribution in [0.4, 0.5) is 0 Å². The second-order valence-electron chi connectivity index (χ2n) is 4.79. The summed E-state index contributed by atoms with van der Waals surface area (Å²) in [6.45, 7) is 6.50. The van der Waals surface area contributed by atoms with Gasteiger partial charge in [0.25, 0.3) is 0 Å². The van der Waals surface area contributed by atoms with Crippen molar-refractivity contribution < 1.29 is 14.6 Å². The maximum atomic E-state index is 11.0. The van der Waals surface area contributed by atoms with E-state index in [1.165, 1.54) is 6.42 Å². The number of hydrogen-bond donors (Lipinski definition) is 2. The van der Waals surface area contributed by atoms with Crippen molar-refractivity contribution in [3.63, 3.8) is 0 Å². The Labute approximate surface area is 91.0 Å². The van der Waals surface area contributed by atoms with Crippen molar-refractivity contribution in [2.45, 2.75) is 26.7 Å². The lowest BCUT2D eigenvalue weighted by Gasteiger charge is -2.37. The Hall–Kier alpha value is -0.610. The summed E-state index contributed by atoms with van der Waals surface area (Å²) in [4.78, 5) is 11.0. The number of carboxylic acid groups (broad SMARTS) is 1. The number of hydrogen-bond acceptors (Lipinski definition) is 3. The van der Waals surface area contributed by atoms with Crippen molar-refractivity contribution in [3.8, 4) is 0 Å². The number of aliphatic carboxylic acids is 1. The molecular weight excluding hydrogens is 194 g/mol. The van der Waals surface area contributed by atoms with Gasteiger partial charge in [0.1, 0.15) is 5.41 Å². The predicted molar refractivity (Wildman–Crippen MR) is 57.8 cm³/mol. The van der Waals surface area contributed by atoms with Crippen LogP contribution in [0.2, 0.25) is 0 Å². The van der Waals surface area contributed by atoms with Crippen molar-refractivity contribution in [1.82, 2.24) is 5.32 Å². The topological polar surface area (TPSA) is 58.6 Å². The van der Waals surface area contributed by atoms with Crippen molar-refractivity contribution >= 4 is 5.97 Å². The Morgan fingerprint density at radius 2 is 2.20 bits per heavy atom. The zero-order valence-electron chi connectivity index (χ0n) is 9.58. The summed E-state index contributed by atoms with van der Waals surface area (Å²) in [5.41, 5.74) is -0.655. The van der Waals surface area contributed by atoms with Gasteiger partial charge in [-0.2, -0.15) is 0 Å². The van der Waals surface area contributed by atoms with E-state index in [2.05, 4.69) is 19.2 Å². The molecule has 1 fully saturated rings. The third kappa shape index (κ3) is 3.47. The van der Waals surface area contributed by atoms with Crippen LogP contribution in [0, 0.1) is 11.3 Å². The Kier molecular flexibility index (Phi) is 4.54. The normalized spacial score (nSPS) is 18.9. The second-order valence-corrected chi connectivity index (χ2v) is 4.79. The van der Waals surface area contributed by atoms with Crippen LogP contribution >= 0.6 is 0 Å². The Balaban J connectivity index is 2.11. The number of nitrogens with one attached hydrogen (secondary N) is 1.